The zero-order chi connectivity index (χ0) is 18.4. The summed E-state index contributed by atoms with van der Waals surface area (Å²) in [6.45, 7) is 2.61. The van der Waals surface area contributed by atoms with Crippen LogP contribution >= 0.6 is 0 Å². The Balaban J connectivity index is 1.81. The topological polar surface area (TPSA) is 113 Å². The first kappa shape index (κ1) is 17.9. The lowest BCUT2D eigenvalue weighted by Gasteiger charge is -2.36. The van der Waals surface area contributed by atoms with Gasteiger partial charge < -0.3 is 4.90 Å². The molecule has 3 saturated heterocycles. The number of amides is 1. The lowest BCUT2D eigenvalue weighted by Crippen LogP contribution is -2.49. The van der Waals surface area contributed by atoms with Gasteiger partial charge in [-0.05, 0) is 25.7 Å². The fourth-order valence-corrected chi connectivity index (χ4v) is 4.51. The second-order valence-corrected chi connectivity index (χ2v) is 8.91. The van der Waals surface area contributed by atoms with Crippen molar-refractivity contribution in [1.82, 2.24) is 18.8 Å². The molecule has 1 aromatic rings. The minimum Gasteiger partial charge on any atom is -0.337 e. The summed E-state index contributed by atoms with van der Waals surface area (Å²) < 4.78 is 26.4. The number of aryl methyl sites for hydroxylation is 1. The lowest BCUT2D eigenvalue weighted by molar-refractivity contribution is -0.136. The van der Waals surface area contributed by atoms with Gasteiger partial charge in [-0.1, -0.05) is 0 Å². The number of carbonyl (C=O) groups excluding carboxylic acids is 1. The van der Waals surface area contributed by atoms with E-state index in [1.54, 1.807) is 11.8 Å². The highest BCUT2D eigenvalue weighted by Gasteiger charge is 2.39. The highest BCUT2D eigenvalue weighted by Crippen LogP contribution is 2.29. The summed E-state index contributed by atoms with van der Waals surface area (Å²) in [6, 6.07) is -0.180. The van der Waals surface area contributed by atoms with E-state index in [0.29, 0.717) is 25.2 Å². The van der Waals surface area contributed by atoms with Gasteiger partial charge in [0, 0.05) is 37.4 Å². The quantitative estimate of drug-likeness (QED) is 0.713. The molecule has 1 aromatic heterocycles. The molecule has 3 aliphatic heterocycles. The molecule has 0 radical (unpaired) electrons. The normalized spacial score (nSPS) is 24.3. The predicted molar refractivity (Wildman–Crippen MR) is 90.7 cm³/mol. The Hall–Kier alpha value is -1.94. The van der Waals surface area contributed by atoms with Crippen LogP contribution < -0.4 is 11.2 Å². The van der Waals surface area contributed by atoms with Gasteiger partial charge in [0.25, 0.3) is 5.56 Å². The van der Waals surface area contributed by atoms with Crippen LogP contribution in [-0.2, 0) is 21.4 Å². The smallest absolute Gasteiger partial charge is 0.328 e. The van der Waals surface area contributed by atoms with E-state index in [4.69, 9.17) is 0 Å². The molecule has 0 unspecified atom stereocenters. The molecule has 3 fully saturated rings. The number of rotatable bonds is 3. The van der Waals surface area contributed by atoms with Crippen molar-refractivity contribution in [1.29, 1.82) is 0 Å². The molecular weight excluding hydrogens is 348 g/mol. The summed E-state index contributed by atoms with van der Waals surface area (Å²) in [5, 5.41) is 0. The molecule has 4 heterocycles. The molecule has 2 atom stereocenters. The van der Waals surface area contributed by atoms with Crippen LogP contribution in [0.15, 0.2) is 15.8 Å². The summed E-state index contributed by atoms with van der Waals surface area (Å²) in [5.74, 6) is -0.134. The van der Waals surface area contributed by atoms with Gasteiger partial charge in [0.05, 0.1) is 6.26 Å². The van der Waals surface area contributed by atoms with Gasteiger partial charge in [-0.2, -0.15) is 4.31 Å². The molecule has 138 valence electrons. The maximum atomic E-state index is 12.7. The molecule has 4 rings (SSSR count). The van der Waals surface area contributed by atoms with Crippen LogP contribution in [0.5, 0.6) is 0 Å². The van der Waals surface area contributed by atoms with Crippen LogP contribution in [0.3, 0.4) is 0 Å². The zero-order valence-corrected chi connectivity index (χ0v) is 15.1. The lowest BCUT2D eigenvalue weighted by atomic mass is 9.95. The van der Waals surface area contributed by atoms with Crippen LogP contribution in [0, 0.1) is 12.8 Å². The number of sulfonamides is 1. The zero-order valence-electron chi connectivity index (χ0n) is 14.3. The van der Waals surface area contributed by atoms with Crippen LogP contribution in [0.2, 0.25) is 0 Å². The standard InChI is InChI=1S/C15H22N4O5S/c1-10-5-17(15(22)16-14(10)21)9-13(20)19-7-11-3-4-12(19)8-18(6-11)25(2,23)24/h5,11-12H,3-4,6-9H2,1-2H3,(H,16,21,22)/t11-,12+/m0/s1. The Bertz CT molecular complexity index is 903. The molecule has 25 heavy (non-hydrogen) atoms. The fourth-order valence-electron chi connectivity index (χ4n) is 3.59. The first-order valence-electron chi connectivity index (χ1n) is 8.20. The van der Waals surface area contributed by atoms with Gasteiger partial charge in [-0.15, -0.1) is 0 Å². The number of piperidine rings is 1. The Labute approximate surface area is 145 Å². The third-order valence-corrected chi connectivity index (χ3v) is 6.20. The summed E-state index contributed by atoms with van der Waals surface area (Å²) in [7, 11) is -3.30. The first-order valence-corrected chi connectivity index (χ1v) is 10.0. The van der Waals surface area contributed by atoms with Gasteiger partial charge in [0.2, 0.25) is 15.9 Å². The molecule has 0 aliphatic carbocycles. The Morgan fingerprint density at radius 2 is 1.96 bits per heavy atom. The minimum atomic E-state index is -3.30. The van der Waals surface area contributed by atoms with Crippen LogP contribution in [0.1, 0.15) is 18.4 Å². The van der Waals surface area contributed by atoms with Crippen molar-refractivity contribution in [2.24, 2.45) is 5.92 Å². The van der Waals surface area contributed by atoms with Crippen molar-refractivity contribution in [2.75, 3.05) is 25.9 Å². The molecular formula is C15H22N4O5S. The summed E-state index contributed by atoms with van der Waals surface area (Å²) in [6.07, 6.45) is 4.20. The van der Waals surface area contributed by atoms with E-state index in [1.807, 2.05) is 0 Å². The van der Waals surface area contributed by atoms with Crippen LogP contribution in [0.4, 0.5) is 0 Å². The molecule has 0 saturated carbocycles. The van der Waals surface area contributed by atoms with Gasteiger partial charge in [0.1, 0.15) is 6.54 Å². The SMILES string of the molecule is Cc1cn(CC(=O)N2C[C@H]3CC[C@@H]2CN(S(C)(=O)=O)C3)c(=O)[nH]c1=O. The maximum Gasteiger partial charge on any atom is 0.328 e. The second kappa shape index (κ2) is 6.41. The van der Waals surface area contributed by atoms with Crippen molar-refractivity contribution < 1.29 is 13.2 Å². The Morgan fingerprint density at radius 3 is 2.64 bits per heavy atom. The average Bonchev–Trinajstić information content (AvgIpc) is 2.84. The fraction of sp³-hybridized carbons (Fsp3) is 0.667. The number of aromatic amines is 1. The van der Waals surface area contributed by atoms with Crippen LogP contribution in [-0.4, -0.2) is 65.0 Å². The number of nitrogens with one attached hydrogen (secondary N) is 1. The summed E-state index contributed by atoms with van der Waals surface area (Å²) in [5.41, 5.74) is -0.735. The number of hydrogen-bond donors (Lipinski definition) is 1. The molecule has 9 nitrogen and oxygen atoms in total. The largest absolute Gasteiger partial charge is 0.337 e. The Morgan fingerprint density at radius 1 is 1.24 bits per heavy atom. The summed E-state index contributed by atoms with van der Waals surface area (Å²) >= 11 is 0. The average molecular weight is 370 g/mol. The Kier molecular flexibility index (Phi) is 4.58. The predicted octanol–water partition coefficient (Wildman–Crippen LogP) is -1.27. The highest BCUT2D eigenvalue weighted by molar-refractivity contribution is 7.88. The van der Waals surface area contributed by atoms with E-state index in [9.17, 15) is 22.8 Å². The molecule has 3 aliphatic rings. The van der Waals surface area contributed by atoms with Crippen molar-refractivity contribution in [3.8, 4) is 0 Å². The minimum absolute atomic E-state index is 0.103. The van der Waals surface area contributed by atoms with E-state index in [2.05, 4.69) is 4.98 Å². The number of fused-ring (bicyclic) bond motifs is 4. The van der Waals surface area contributed by atoms with E-state index in [0.717, 1.165) is 12.8 Å². The van der Waals surface area contributed by atoms with E-state index >= 15 is 0 Å². The molecule has 0 aromatic carbocycles. The number of H-pyrrole nitrogens is 1. The molecule has 1 amide bonds. The maximum absolute atomic E-state index is 12.7. The number of nitrogens with zero attached hydrogens (tertiary/aromatic N) is 3. The number of hydrogen-bond acceptors (Lipinski definition) is 5. The molecule has 0 spiro atoms. The van der Waals surface area contributed by atoms with Crippen molar-refractivity contribution in [3.63, 3.8) is 0 Å². The van der Waals surface area contributed by atoms with Crippen molar-refractivity contribution in [3.05, 3.63) is 32.6 Å². The summed E-state index contributed by atoms with van der Waals surface area (Å²) in [4.78, 5) is 39.9. The number of aromatic nitrogens is 2. The first-order chi connectivity index (χ1) is 11.6. The monoisotopic (exact) mass is 370 g/mol. The highest BCUT2D eigenvalue weighted by atomic mass is 32.2. The molecule has 2 bridgehead atoms. The van der Waals surface area contributed by atoms with E-state index in [1.165, 1.54) is 21.3 Å². The third-order valence-electron chi connectivity index (χ3n) is 4.96. The van der Waals surface area contributed by atoms with Crippen LogP contribution in [0.25, 0.3) is 0 Å². The number of carbonyl (C=O) groups is 1. The van der Waals surface area contributed by atoms with Gasteiger partial charge >= 0.3 is 5.69 Å². The molecule has 1 N–H and O–H groups in total. The third kappa shape index (κ3) is 3.69. The van der Waals surface area contributed by atoms with Crippen molar-refractivity contribution >= 4 is 15.9 Å². The van der Waals surface area contributed by atoms with E-state index in [-0.39, 0.29) is 24.4 Å². The van der Waals surface area contributed by atoms with Gasteiger partial charge in [0.15, 0.2) is 0 Å². The van der Waals surface area contributed by atoms with E-state index < -0.39 is 21.3 Å². The van der Waals surface area contributed by atoms with Crippen molar-refractivity contribution in [2.45, 2.75) is 32.4 Å². The van der Waals surface area contributed by atoms with Gasteiger partial charge in [-0.25, -0.2) is 13.2 Å². The molecule has 10 heteroatoms. The second-order valence-electron chi connectivity index (χ2n) is 6.92. The van der Waals surface area contributed by atoms with Gasteiger partial charge in [-0.3, -0.25) is 19.1 Å².